The first kappa shape index (κ1) is 13.5. The average Bonchev–Trinajstić information content (AvgIpc) is 2.27. The zero-order valence-corrected chi connectivity index (χ0v) is 11.1. The molecule has 0 aromatic heterocycles. The minimum Gasteiger partial charge on any atom is -0.376 e. The minimum atomic E-state index is -0.152. The standard InChI is InChI=1S/C14H25NO/c1-6-12(15-7-2)14(16-5)10-8-13(3,4)9-11-14/h1,12,15H,7-11H2,2-5H3. The van der Waals surface area contributed by atoms with Gasteiger partial charge in [-0.15, -0.1) is 6.42 Å². The molecule has 16 heavy (non-hydrogen) atoms. The summed E-state index contributed by atoms with van der Waals surface area (Å²) in [7, 11) is 1.79. The van der Waals surface area contributed by atoms with Gasteiger partial charge >= 0.3 is 0 Å². The van der Waals surface area contributed by atoms with Gasteiger partial charge in [0.25, 0.3) is 0 Å². The maximum atomic E-state index is 5.77. The fourth-order valence-corrected chi connectivity index (χ4v) is 2.56. The Morgan fingerprint density at radius 3 is 2.25 bits per heavy atom. The van der Waals surface area contributed by atoms with Gasteiger partial charge in [0.1, 0.15) is 0 Å². The Labute approximate surface area is 100 Å². The van der Waals surface area contributed by atoms with Crippen molar-refractivity contribution in [3.05, 3.63) is 0 Å². The molecule has 2 nitrogen and oxygen atoms in total. The molecule has 0 saturated heterocycles. The lowest BCUT2D eigenvalue weighted by atomic mass is 9.68. The van der Waals surface area contributed by atoms with Gasteiger partial charge in [0.2, 0.25) is 0 Å². The summed E-state index contributed by atoms with van der Waals surface area (Å²) in [6, 6.07) is 0.0404. The van der Waals surface area contributed by atoms with Crippen LogP contribution < -0.4 is 5.32 Å². The van der Waals surface area contributed by atoms with E-state index in [0.29, 0.717) is 5.41 Å². The van der Waals surface area contributed by atoms with E-state index in [1.807, 2.05) is 0 Å². The quantitative estimate of drug-likeness (QED) is 0.740. The Morgan fingerprint density at radius 2 is 1.88 bits per heavy atom. The van der Waals surface area contributed by atoms with Crippen LogP contribution in [0.5, 0.6) is 0 Å². The molecule has 2 heteroatoms. The third-order valence-electron chi connectivity index (χ3n) is 3.96. The zero-order valence-electron chi connectivity index (χ0n) is 11.1. The molecule has 0 amide bonds. The number of terminal acetylenes is 1. The molecule has 1 aliphatic rings. The first-order valence-electron chi connectivity index (χ1n) is 6.24. The summed E-state index contributed by atoms with van der Waals surface area (Å²) in [4.78, 5) is 0. The highest BCUT2D eigenvalue weighted by Crippen LogP contribution is 2.43. The number of methoxy groups -OCH3 is 1. The fraction of sp³-hybridized carbons (Fsp3) is 0.857. The molecule has 92 valence electrons. The average molecular weight is 223 g/mol. The smallest absolute Gasteiger partial charge is 0.0980 e. The second kappa shape index (κ2) is 5.21. The van der Waals surface area contributed by atoms with E-state index in [0.717, 1.165) is 19.4 Å². The zero-order chi connectivity index (χ0) is 12.2. The highest BCUT2D eigenvalue weighted by atomic mass is 16.5. The normalized spacial score (nSPS) is 24.7. The second-order valence-corrected chi connectivity index (χ2v) is 5.59. The van der Waals surface area contributed by atoms with Crippen molar-refractivity contribution in [1.82, 2.24) is 5.32 Å². The molecule has 1 rings (SSSR count). The third kappa shape index (κ3) is 2.78. The number of hydrogen-bond donors (Lipinski definition) is 1. The van der Waals surface area contributed by atoms with Crippen LogP contribution in [0.2, 0.25) is 0 Å². The lowest BCUT2D eigenvalue weighted by Gasteiger charge is -2.45. The van der Waals surface area contributed by atoms with E-state index in [1.165, 1.54) is 12.8 Å². The molecule has 0 aromatic carbocycles. The molecule has 1 saturated carbocycles. The number of hydrogen-bond acceptors (Lipinski definition) is 2. The van der Waals surface area contributed by atoms with Gasteiger partial charge in [-0.2, -0.15) is 0 Å². The van der Waals surface area contributed by atoms with Crippen LogP contribution in [0.1, 0.15) is 46.5 Å². The predicted octanol–water partition coefficient (Wildman–Crippen LogP) is 2.58. The van der Waals surface area contributed by atoms with Crippen molar-refractivity contribution in [2.45, 2.75) is 58.1 Å². The Kier molecular flexibility index (Phi) is 4.41. The summed E-state index contributed by atoms with van der Waals surface area (Å²) in [5.41, 5.74) is 0.285. The molecule has 0 aliphatic heterocycles. The molecule has 0 radical (unpaired) electrons. The highest BCUT2D eigenvalue weighted by Gasteiger charge is 2.43. The first-order chi connectivity index (χ1) is 7.49. The predicted molar refractivity (Wildman–Crippen MR) is 68.3 cm³/mol. The van der Waals surface area contributed by atoms with E-state index < -0.39 is 0 Å². The van der Waals surface area contributed by atoms with Gasteiger partial charge in [-0.05, 0) is 37.6 Å². The van der Waals surface area contributed by atoms with Crippen LogP contribution >= 0.6 is 0 Å². The van der Waals surface area contributed by atoms with E-state index in [-0.39, 0.29) is 11.6 Å². The van der Waals surface area contributed by atoms with Gasteiger partial charge in [-0.25, -0.2) is 0 Å². The number of ether oxygens (including phenoxy) is 1. The van der Waals surface area contributed by atoms with E-state index >= 15 is 0 Å². The van der Waals surface area contributed by atoms with Crippen molar-refractivity contribution in [3.63, 3.8) is 0 Å². The van der Waals surface area contributed by atoms with Crippen LogP contribution in [0.4, 0.5) is 0 Å². The maximum Gasteiger partial charge on any atom is 0.0980 e. The molecule has 1 unspecified atom stereocenters. The van der Waals surface area contributed by atoms with Crippen molar-refractivity contribution in [2.24, 2.45) is 5.41 Å². The van der Waals surface area contributed by atoms with E-state index in [1.54, 1.807) is 7.11 Å². The molecule has 1 N–H and O–H groups in total. The van der Waals surface area contributed by atoms with Gasteiger partial charge in [0.15, 0.2) is 0 Å². The number of rotatable bonds is 4. The summed E-state index contributed by atoms with van der Waals surface area (Å²) < 4.78 is 5.77. The summed E-state index contributed by atoms with van der Waals surface area (Å²) in [6.07, 6.45) is 10.1. The van der Waals surface area contributed by atoms with Crippen molar-refractivity contribution in [1.29, 1.82) is 0 Å². The Bertz CT molecular complexity index is 254. The third-order valence-corrected chi connectivity index (χ3v) is 3.96. The topological polar surface area (TPSA) is 21.3 Å². The SMILES string of the molecule is C#CC(NCC)C1(OC)CCC(C)(C)CC1. The van der Waals surface area contributed by atoms with Gasteiger partial charge in [0, 0.05) is 7.11 Å². The highest BCUT2D eigenvalue weighted by molar-refractivity contribution is 5.12. The molecule has 1 aliphatic carbocycles. The van der Waals surface area contributed by atoms with Crippen LogP contribution in [0.25, 0.3) is 0 Å². The molecule has 0 aromatic rings. The van der Waals surface area contributed by atoms with Crippen molar-refractivity contribution < 1.29 is 4.74 Å². The van der Waals surface area contributed by atoms with Crippen LogP contribution in [0, 0.1) is 17.8 Å². The summed E-state index contributed by atoms with van der Waals surface area (Å²) >= 11 is 0. The van der Waals surface area contributed by atoms with Crippen LogP contribution in [0.15, 0.2) is 0 Å². The van der Waals surface area contributed by atoms with Gasteiger partial charge in [-0.1, -0.05) is 26.7 Å². The van der Waals surface area contributed by atoms with Gasteiger partial charge in [-0.3, -0.25) is 0 Å². The Hall–Kier alpha value is -0.520. The molecule has 1 fully saturated rings. The summed E-state index contributed by atoms with van der Waals surface area (Å²) in [5, 5.41) is 3.36. The van der Waals surface area contributed by atoms with Gasteiger partial charge < -0.3 is 10.1 Å². The van der Waals surface area contributed by atoms with E-state index in [2.05, 4.69) is 32.0 Å². The summed E-state index contributed by atoms with van der Waals surface area (Å²) in [6.45, 7) is 7.62. The lowest BCUT2D eigenvalue weighted by Crippen LogP contribution is -2.54. The monoisotopic (exact) mass is 223 g/mol. The molecular formula is C14H25NO. The largest absolute Gasteiger partial charge is 0.376 e. The second-order valence-electron chi connectivity index (χ2n) is 5.59. The van der Waals surface area contributed by atoms with Crippen LogP contribution in [0.3, 0.4) is 0 Å². The number of nitrogens with one attached hydrogen (secondary N) is 1. The Morgan fingerprint density at radius 1 is 1.31 bits per heavy atom. The van der Waals surface area contributed by atoms with E-state index in [9.17, 15) is 0 Å². The van der Waals surface area contributed by atoms with Crippen LogP contribution in [-0.2, 0) is 4.74 Å². The molecule has 1 atom stereocenters. The molecular weight excluding hydrogens is 198 g/mol. The summed E-state index contributed by atoms with van der Waals surface area (Å²) in [5.74, 6) is 2.86. The first-order valence-corrected chi connectivity index (χ1v) is 6.24. The molecule has 0 heterocycles. The van der Waals surface area contributed by atoms with Crippen molar-refractivity contribution >= 4 is 0 Å². The van der Waals surface area contributed by atoms with Gasteiger partial charge in [0.05, 0.1) is 11.6 Å². The van der Waals surface area contributed by atoms with Crippen LogP contribution in [-0.4, -0.2) is 25.3 Å². The maximum absolute atomic E-state index is 5.77. The fourth-order valence-electron chi connectivity index (χ4n) is 2.56. The Balaban J connectivity index is 2.76. The van der Waals surface area contributed by atoms with Crippen molar-refractivity contribution in [2.75, 3.05) is 13.7 Å². The molecule has 0 bridgehead atoms. The number of likely N-dealkylation sites (N-methyl/N-ethyl adjacent to an activating group) is 1. The molecule has 0 spiro atoms. The lowest BCUT2D eigenvalue weighted by molar-refractivity contribution is -0.0737. The minimum absolute atomic E-state index is 0.0404. The van der Waals surface area contributed by atoms with Crippen molar-refractivity contribution in [3.8, 4) is 12.3 Å². The van der Waals surface area contributed by atoms with E-state index in [4.69, 9.17) is 11.2 Å².